The van der Waals surface area contributed by atoms with Gasteiger partial charge in [-0.25, -0.2) is 0 Å². The van der Waals surface area contributed by atoms with Crippen molar-refractivity contribution in [3.05, 3.63) is 34.6 Å². The van der Waals surface area contributed by atoms with Crippen LogP contribution in [-0.4, -0.2) is 56.9 Å². The summed E-state index contributed by atoms with van der Waals surface area (Å²) >= 11 is 4.86. The molecule has 9 heteroatoms. The molecule has 1 saturated heterocycles. The molecule has 3 aromatic rings. The number of aromatic nitrogens is 4. The summed E-state index contributed by atoms with van der Waals surface area (Å²) in [4.78, 5) is 14.9. The predicted octanol–water partition coefficient (Wildman–Crippen LogP) is 2.09. The second-order valence-electron chi connectivity index (χ2n) is 5.04. The van der Waals surface area contributed by atoms with E-state index in [0.29, 0.717) is 31.3 Å². The highest BCUT2D eigenvalue weighted by molar-refractivity contribution is 9.10. The van der Waals surface area contributed by atoms with Crippen LogP contribution in [0.5, 0.6) is 0 Å². The zero-order valence-electron chi connectivity index (χ0n) is 12.0. The molecule has 1 fully saturated rings. The van der Waals surface area contributed by atoms with Gasteiger partial charge in [-0.15, -0.1) is 10.2 Å². The Labute approximate surface area is 144 Å². The van der Waals surface area contributed by atoms with E-state index in [4.69, 9.17) is 4.74 Å². The van der Waals surface area contributed by atoms with Crippen LogP contribution in [0.2, 0.25) is 0 Å². The minimum atomic E-state index is -0.160. The van der Waals surface area contributed by atoms with E-state index in [1.165, 1.54) is 15.9 Å². The average molecular weight is 394 g/mol. The van der Waals surface area contributed by atoms with Gasteiger partial charge in [-0.3, -0.25) is 4.79 Å². The molecule has 118 valence electrons. The fourth-order valence-electron chi connectivity index (χ4n) is 2.40. The number of morpholine rings is 1. The molecular formula is C14H12BrN5O2S. The molecule has 0 radical (unpaired) electrons. The Morgan fingerprint density at radius 2 is 2.09 bits per heavy atom. The highest BCUT2D eigenvalue weighted by Crippen LogP contribution is 2.27. The Kier molecular flexibility index (Phi) is 3.83. The minimum absolute atomic E-state index is 0.160. The lowest BCUT2D eigenvalue weighted by atomic mass is 10.2. The van der Waals surface area contributed by atoms with Gasteiger partial charge in [-0.2, -0.15) is 9.61 Å². The molecule has 7 nitrogen and oxygen atoms in total. The van der Waals surface area contributed by atoms with Gasteiger partial charge in [0.1, 0.15) is 5.01 Å². The molecule has 0 atom stereocenters. The third kappa shape index (κ3) is 2.75. The molecule has 0 spiro atoms. The Morgan fingerprint density at radius 3 is 2.87 bits per heavy atom. The number of rotatable bonds is 2. The van der Waals surface area contributed by atoms with Gasteiger partial charge in [0.15, 0.2) is 0 Å². The van der Waals surface area contributed by atoms with Crippen LogP contribution in [0.3, 0.4) is 0 Å². The van der Waals surface area contributed by atoms with E-state index < -0.39 is 0 Å². The first kappa shape index (κ1) is 14.7. The molecule has 0 bridgehead atoms. The van der Waals surface area contributed by atoms with Crippen LogP contribution in [0, 0.1) is 0 Å². The lowest BCUT2D eigenvalue weighted by molar-refractivity contribution is 0.0293. The van der Waals surface area contributed by atoms with Crippen molar-refractivity contribution in [1.29, 1.82) is 0 Å². The first-order valence-electron chi connectivity index (χ1n) is 7.07. The van der Waals surface area contributed by atoms with Gasteiger partial charge in [-0.1, -0.05) is 39.4 Å². The smallest absolute Gasteiger partial charge is 0.293 e. The van der Waals surface area contributed by atoms with Crippen molar-refractivity contribution in [3.63, 3.8) is 0 Å². The number of halogens is 1. The number of ether oxygens (including phenoxy) is 1. The van der Waals surface area contributed by atoms with Crippen molar-refractivity contribution in [3.8, 4) is 10.6 Å². The van der Waals surface area contributed by atoms with Crippen LogP contribution in [-0.2, 0) is 4.74 Å². The maximum atomic E-state index is 12.6. The summed E-state index contributed by atoms with van der Waals surface area (Å²) in [6, 6.07) is 7.86. The van der Waals surface area contributed by atoms with Crippen molar-refractivity contribution in [1.82, 2.24) is 24.7 Å². The van der Waals surface area contributed by atoms with Gasteiger partial charge >= 0.3 is 0 Å². The van der Waals surface area contributed by atoms with Crippen molar-refractivity contribution in [2.24, 2.45) is 0 Å². The van der Waals surface area contributed by atoms with Gasteiger partial charge in [0.2, 0.25) is 10.8 Å². The monoisotopic (exact) mass is 393 g/mol. The maximum absolute atomic E-state index is 12.6. The van der Waals surface area contributed by atoms with E-state index in [9.17, 15) is 4.79 Å². The first-order valence-corrected chi connectivity index (χ1v) is 8.68. The van der Waals surface area contributed by atoms with E-state index >= 15 is 0 Å². The zero-order chi connectivity index (χ0) is 15.8. The summed E-state index contributed by atoms with van der Waals surface area (Å²) < 4.78 is 7.78. The second-order valence-corrected chi connectivity index (χ2v) is 6.91. The summed E-state index contributed by atoms with van der Waals surface area (Å²) in [5, 5.41) is 13.4. The average Bonchev–Trinajstić information content (AvgIpc) is 3.15. The van der Waals surface area contributed by atoms with E-state index in [1.54, 1.807) is 4.90 Å². The van der Waals surface area contributed by atoms with Crippen molar-refractivity contribution >= 4 is 38.1 Å². The largest absolute Gasteiger partial charge is 0.378 e. The Hall–Kier alpha value is -1.84. The molecule has 1 aliphatic rings. The molecule has 1 amide bonds. The lowest BCUT2D eigenvalue weighted by Crippen LogP contribution is -2.41. The number of amides is 1. The standard InChI is InChI=1S/C14H12BrN5O2S/c15-10-3-1-2-9(8-10)12-18-20-11(16-17-14(20)23-12)13(21)19-4-6-22-7-5-19/h1-3,8H,4-7H2. The molecule has 3 heterocycles. The van der Waals surface area contributed by atoms with Gasteiger partial charge in [-0.05, 0) is 12.1 Å². The Bertz CT molecular complexity index is 871. The van der Waals surface area contributed by atoms with Gasteiger partial charge < -0.3 is 9.64 Å². The van der Waals surface area contributed by atoms with Crippen LogP contribution in [0.1, 0.15) is 10.6 Å². The number of hydrogen-bond acceptors (Lipinski definition) is 6. The van der Waals surface area contributed by atoms with Crippen LogP contribution >= 0.6 is 27.3 Å². The van der Waals surface area contributed by atoms with Crippen molar-refractivity contribution in [2.75, 3.05) is 26.3 Å². The fourth-order valence-corrected chi connectivity index (χ4v) is 3.63. The maximum Gasteiger partial charge on any atom is 0.293 e. The van der Waals surface area contributed by atoms with Gasteiger partial charge in [0, 0.05) is 23.1 Å². The molecule has 23 heavy (non-hydrogen) atoms. The third-order valence-corrected chi connectivity index (χ3v) is 4.99. The number of hydrogen-bond donors (Lipinski definition) is 0. The molecule has 0 aliphatic carbocycles. The summed E-state index contributed by atoms with van der Waals surface area (Å²) in [7, 11) is 0. The van der Waals surface area contributed by atoms with Gasteiger partial charge in [0.05, 0.1) is 13.2 Å². The molecule has 0 saturated carbocycles. The normalized spacial score (nSPS) is 15.3. The zero-order valence-corrected chi connectivity index (χ0v) is 14.4. The fraction of sp³-hybridized carbons (Fsp3) is 0.286. The number of carbonyl (C=O) groups excluding carboxylic acids is 1. The van der Waals surface area contributed by atoms with Crippen LogP contribution in [0.4, 0.5) is 0 Å². The van der Waals surface area contributed by atoms with Crippen molar-refractivity contribution < 1.29 is 9.53 Å². The van der Waals surface area contributed by atoms with Gasteiger partial charge in [0.25, 0.3) is 5.91 Å². The van der Waals surface area contributed by atoms with Crippen molar-refractivity contribution in [2.45, 2.75) is 0 Å². The molecule has 1 aromatic carbocycles. The van der Waals surface area contributed by atoms with Crippen LogP contribution in [0.15, 0.2) is 28.7 Å². The molecule has 4 rings (SSSR count). The van der Waals surface area contributed by atoms with Crippen LogP contribution in [0.25, 0.3) is 15.5 Å². The number of nitrogens with zero attached hydrogens (tertiary/aromatic N) is 5. The highest BCUT2D eigenvalue weighted by Gasteiger charge is 2.25. The number of fused-ring (bicyclic) bond motifs is 1. The van der Waals surface area contributed by atoms with E-state index in [0.717, 1.165) is 15.0 Å². The number of carbonyl (C=O) groups is 1. The summed E-state index contributed by atoms with van der Waals surface area (Å²) in [6.07, 6.45) is 0. The lowest BCUT2D eigenvalue weighted by Gasteiger charge is -2.25. The second kappa shape index (κ2) is 5.99. The Balaban J connectivity index is 1.70. The molecule has 2 aromatic heterocycles. The van der Waals surface area contributed by atoms with Crippen LogP contribution < -0.4 is 0 Å². The minimum Gasteiger partial charge on any atom is -0.378 e. The van der Waals surface area contributed by atoms with E-state index in [-0.39, 0.29) is 11.7 Å². The third-order valence-electron chi connectivity index (χ3n) is 3.55. The van der Waals surface area contributed by atoms with E-state index in [2.05, 4.69) is 31.2 Å². The summed E-state index contributed by atoms with van der Waals surface area (Å²) in [5.41, 5.74) is 0.972. The highest BCUT2D eigenvalue weighted by atomic mass is 79.9. The molecular weight excluding hydrogens is 382 g/mol. The SMILES string of the molecule is O=C(c1nnc2sc(-c3cccc(Br)c3)nn12)N1CCOCC1. The first-order chi connectivity index (χ1) is 11.2. The van der Waals surface area contributed by atoms with E-state index in [1.807, 2.05) is 24.3 Å². The molecule has 0 N–H and O–H groups in total. The summed E-state index contributed by atoms with van der Waals surface area (Å²) in [5.74, 6) is 0.0892. The molecule has 0 unspecified atom stereocenters. The Morgan fingerprint density at radius 1 is 1.26 bits per heavy atom. The quantitative estimate of drug-likeness (QED) is 0.666. The predicted molar refractivity (Wildman–Crippen MR) is 88.5 cm³/mol. The number of benzene rings is 1. The molecule has 1 aliphatic heterocycles. The topological polar surface area (TPSA) is 72.6 Å². The summed E-state index contributed by atoms with van der Waals surface area (Å²) in [6.45, 7) is 2.23.